The number of ketones is 1. The number of rotatable bonds is 10. The van der Waals surface area contributed by atoms with Gasteiger partial charge in [0.1, 0.15) is 0 Å². The minimum absolute atomic E-state index is 0.0831. The quantitative estimate of drug-likeness (QED) is 0.210. The second kappa shape index (κ2) is 11.3. The van der Waals surface area contributed by atoms with Gasteiger partial charge in [-0.15, -0.1) is 0 Å². The Balaban J connectivity index is 2.32. The van der Waals surface area contributed by atoms with Crippen LogP contribution in [0.1, 0.15) is 45.7 Å². The van der Waals surface area contributed by atoms with E-state index >= 15 is 0 Å². The van der Waals surface area contributed by atoms with Crippen molar-refractivity contribution in [2.24, 2.45) is 0 Å². The summed E-state index contributed by atoms with van der Waals surface area (Å²) in [5.41, 5.74) is -5.22. The monoisotopic (exact) mass is 502 g/mol. The van der Waals surface area contributed by atoms with Crippen molar-refractivity contribution in [1.82, 2.24) is 0 Å². The number of benzene rings is 2. The molecule has 0 heterocycles. The highest BCUT2D eigenvalue weighted by molar-refractivity contribution is 7.87. The van der Waals surface area contributed by atoms with Gasteiger partial charge in [0, 0.05) is 17.5 Å². The third kappa shape index (κ3) is 6.87. The number of esters is 2. The van der Waals surface area contributed by atoms with Crippen LogP contribution in [-0.2, 0) is 35.0 Å². The zero-order valence-corrected chi connectivity index (χ0v) is 18.9. The minimum Gasteiger partial charge on any atom is -0.464 e. The van der Waals surface area contributed by atoms with Crippen molar-refractivity contribution in [1.29, 1.82) is 0 Å². The molecule has 1 atom stereocenters. The van der Waals surface area contributed by atoms with Gasteiger partial charge in [-0.25, -0.2) is 13.8 Å². The predicted octanol–water partition coefficient (Wildman–Crippen LogP) is 3.43. The lowest BCUT2D eigenvalue weighted by Crippen LogP contribution is -2.36. The van der Waals surface area contributed by atoms with Crippen LogP contribution in [0.15, 0.2) is 48.5 Å². The lowest BCUT2D eigenvalue weighted by Gasteiger charge is -2.17. The molecule has 0 aliphatic rings. The molecule has 0 spiro atoms. The van der Waals surface area contributed by atoms with E-state index in [1.165, 1.54) is 55.5 Å². The normalized spacial score (nSPS) is 12.6. The zero-order chi connectivity index (χ0) is 25.5. The minimum atomic E-state index is -6.08. The van der Waals surface area contributed by atoms with E-state index in [0.717, 1.165) is 0 Å². The van der Waals surface area contributed by atoms with Crippen LogP contribution in [0.3, 0.4) is 0 Å². The molecule has 2 aromatic rings. The van der Waals surface area contributed by atoms with Crippen LogP contribution in [0.2, 0.25) is 0 Å². The molecule has 0 fully saturated rings. The smallest absolute Gasteiger partial charge is 0.464 e. The number of carbonyl (C=O) groups is 3. The van der Waals surface area contributed by atoms with E-state index in [2.05, 4.69) is 8.92 Å². The number of alkyl halides is 3. The average molecular weight is 502 g/mol. The Bertz CT molecular complexity index is 1160. The van der Waals surface area contributed by atoms with E-state index < -0.39 is 45.9 Å². The zero-order valence-electron chi connectivity index (χ0n) is 18.1. The maximum Gasteiger partial charge on any atom is 0.523 e. The Morgan fingerprint density at radius 1 is 0.882 bits per heavy atom. The second-order valence-electron chi connectivity index (χ2n) is 6.77. The van der Waals surface area contributed by atoms with E-state index in [0.29, 0.717) is 0 Å². The Morgan fingerprint density at radius 3 is 2.03 bits per heavy atom. The molecular weight excluding hydrogens is 481 g/mol. The van der Waals surface area contributed by atoms with Crippen LogP contribution >= 0.6 is 0 Å². The van der Waals surface area contributed by atoms with Crippen molar-refractivity contribution >= 4 is 27.8 Å². The Morgan fingerprint density at radius 2 is 1.44 bits per heavy atom. The Hall–Kier alpha value is -3.25. The van der Waals surface area contributed by atoms with Gasteiger partial charge in [-0.2, -0.15) is 21.6 Å². The van der Waals surface area contributed by atoms with Crippen molar-refractivity contribution in [3.8, 4) is 0 Å². The third-order valence-electron chi connectivity index (χ3n) is 4.32. The molecule has 0 aliphatic carbocycles. The number of carbonyl (C=O) groups excluding carboxylic acids is 3. The van der Waals surface area contributed by atoms with Crippen molar-refractivity contribution in [2.75, 3.05) is 13.2 Å². The molecule has 0 amide bonds. The van der Waals surface area contributed by atoms with E-state index in [9.17, 15) is 36.0 Å². The molecule has 0 saturated heterocycles. The predicted molar refractivity (Wildman–Crippen MR) is 112 cm³/mol. The summed E-state index contributed by atoms with van der Waals surface area (Å²) >= 11 is 0. The molecule has 34 heavy (non-hydrogen) atoms. The van der Waals surface area contributed by atoms with Crippen LogP contribution in [0, 0.1) is 0 Å². The maximum atomic E-state index is 12.9. The molecule has 2 rings (SSSR count). The SMILES string of the molecule is CCOC(=O)c1cccc(C(=O)c2cccc(CC(OS(=O)(=O)C(F)(F)F)C(=O)OCC)c2)c1. The number of hydrogen-bond acceptors (Lipinski definition) is 8. The number of ether oxygens (including phenoxy) is 2. The summed E-state index contributed by atoms with van der Waals surface area (Å²) in [5.74, 6) is -2.45. The van der Waals surface area contributed by atoms with Crippen molar-refractivity contribution in [3.63, 3.8) is 0 Å². The molecule has 2 aromatic carbocycles. The molecule has 0 bridgehead atoms. The summed E-state index contributed by atoms with van der Waals surface area (Å²) < 4.78 is 74.7. The van der Waals surface area contributed by atoms with Crippen molar-refractivity contribution in [2.45, 2.75) is 31.9 Å². The maximum absolute atomic E-state index is 12.9. The van der Waals surface area contributed by atoms with Gasteiger partial charge in [0.2, 0.25) is 0 Å². The first-order valence-electron chi connectivity index (χ1n) is 9.96. The topological polar surface area (TPSA) is 113 Å². The lowest BCUT2D eigenvalue weighted by molar-refractivity contribution is -0.152. The fourth-order valence-corrected chi connectivity index (χ4v) is 3.38. The van der Waals surface area contributed by atoms with Gasteiger partial charge >= 0.3 is 27.6 Å². The highest BCUT2D eigenvalue weighted by Crippen LogP contribution is 2.27. The third-order valence-corrected chi connectivity index (χ3v) is 5.37. The molecular formula is C22H21F3O8S. The standard InChI is InChI=1S/C22H21F3O8S/c1-3-31-20(27)17-10-6-9-16(13-17)19(26)15-8-5-7-14(11-15)12-18(21(28)32-4-2)33-34(29,30)22(23,24)25/h5-11,13,18H,3-4,12H2,1-2H3. The van der Waals surface area contributed by atoms with Gasteiger partial charge in [-0.05, 0) is 37.6 Å². The van der Waals surface area contributed by atoms with Crippen LogP contribution < -0.4 is 0 Å². The van der Waals surface area contributed by atoms with Gasteiger partial charge in [-0.3, -0.25) is 4.79 Å². The largest absolute Gasteiger partial charge is 0.523 e. The number of halogens is 3. The van der Waals surface area contributed by atoms with Gasteiger partial charge in [-0.1, -0.05) is 30.3 Å². The average Bonchev–Trinajstić information content (AvgIpc) is 2.78. The second-order valence-corrected chi connectivity index (χ2v) is 8.34. The first-order valence-corrected chi connectivity index (χ1v) is 11.4. The van der Waals surface area contributed by atoms with Crippen molar-refractivity contribution < 1.29 is 49.6 Å². The van der Waals surface area contributed by atoms with Gasteiger partial charge in [0.25, 0.3) is 0 Å². The molecule has 1 unspecified atom stereocenters. The molecule has 0 saturated carbocycles. The first-order chi connectivity index (χ1) is 15.9. The Kier molecular flexibility index (Phi) is 8.93. The van der Waals surface area contributed by atoms with E-state index in [1.807, 2.05) is 0 Å². The molecule has 0 aliphatic heterocycles. The van der Waals surface area contributed by atoms with Crippen LogP contribution in [-0.4, -0.2) is 51.0 Å². The lowest BCUT2D eigenvalue weighted by atomic mass is 9.98. The van der Waals surface area contributed by atoms with E-state index in [4.69, 9.17) is 4.74 Å². The Labute approximate surface area is 193 Å². The van der Waals surface area contributed by atoms with Crippen LogP contribution in [0.4, 0.5) is 13.2 Å². The molecule has 184 valence electrons. The fraction of sp³-hybridized carbons (Fsp3) is 0.318. The highest BCUT2D eigenvalue weighted by Gasteiger charge is 2.49. The van der Waals surface area contributed by atoms with Gasteiger partial charge in [0.15, 0.2) is 11.9 Å². The first kappa shape index (κ1) is 27.0. The molecule has 0 N–H and O–H groups in total. The fourth-order valence-electron chi connectivity index (χ4n) is 2.82. The summed E-state index contributed by atoms with van der Waals surface area (Å²) in [6, 6.07) is 11.2. The van der Waals surface area contributed by atoms with Gasteiger partial charge in [0.05, 0.1) is 18.8 Å². The summed E-state index contributed by atoms with van der Waals surface area (Å²) in [6.07, 6.45) is -2.73. The van der Waals surface area contributed by atoms with Crippen molar-refractivity contribution in [3.05, 3.63) is 70.8 Å². The number of hydrogen-bond donors (Lipinski definition) is 0. The summed E-state index contributed by atoms with van der Waals surface area (Å²) in [5, 5.41) is 0. The molecule has 0 radical (unpaired) electrons. The summed E-state index contributed by atoms with van der Waals surface area (Å²) in [4.78, 5) is 36.9. The van der Waals surface area contributed by atoms with E-state index in [-0.39, 0.29) is 35.5 Å². The van der Waals surface area contributed by atoms with E-state index in [1.54, 1.807) is 6.92 Å². The molecule has 0 aromatic heterocycles. The molecule has 12 heteroatoms. The summed E-state index contributed by atoms with van der Waals surface area (Å²) in [7, 11) is -6.08. The highest BCUT2D eigenvalue weighted by atomic mass is 32.2. The summed E-state index contributed by atoms with van der Waals surface area (Å²) in [6.45, 7) is 2.94. The van der Waals surface area contributed by atoms with Gasteiger partial charge < -0.3 is 9.47 Å². The molecule has 8 nitrogen and oxygen atoms in total. The van der Waals surface area contributed by atoms with Crippen LogP contribution in [0.25, 0.3) is 0 Å². The van der Waals surface area contributed by atoms with Crippen LogP contribution in [0.5, 0.6) is 0 Å².